The standard InChI is InChI=1S/C20H41N.C8H6Cl2O2/c1-4-5-6-7-8-9-10-11-12-13-14-15-16-17-18-19-20-21(2)3;1-5(11)12-8-3-2-6(9)4-7(8)10/h11-12H,4-10,13-20H2,1-3H3;2-4H,1H3/b12-11-;. The van der Waals surface area contributed by atoms with Crippen LogP contribution in [-0.4, -0.2) is 31.5 Å². The fourth-order valence-corrected chi connectivity index (χ4v) is 3.84. The number of halogens is 2. The number of unbranched alkanes of at least 4 members (excludes halogenated alkanes) is 12. The summed E-state index contributed by atoms with van der Waals surface area (Å²) in [7, 11) is 4.33. The number of rotatable bonds is 17. The summed E-state index contributed by atoms with van der Waals surface area (Å²) in [6.45, 7) is 4.85. The van der Waals surface area contributed by atoms with E-state index in [-0.39, 0.29) is 0 Å². The summed E-state index contributed by atoms with van der Waals surface area (Å²) in [6.07, 6.45) is 24.3. The van der Waals surface area contributed by atoms with Gasteiger partial charge in [0.15, 0.2) is 0 Å². The molecule has 0 atom stereocenters. The molecule has 3 nitrogen and oxygen atoms in total. The highest BCUT2D eigenvalue weighted by Crippen LogP contribution is 2.27. The van der Waals surface area contributed by atoms with E-state index in [9.17, 15) is 4.79 Å². The van der Waals surface area contributed by atoms with Gasteiger partial charge in [0.1, 0.15) is 5.75 Å². The molecule has 1 aromatic carbocycles. The molecule has 5 heteroatoms. The Morgan fingerprint density at radius 3 is 1.85 bits per heavy atom. The molecule has 190 valence electrons. The Kier molecular flexibility index (Phi) is 22.0. The first-order valence-corrected chi connectivity index (χ1v) is 13.6. The normalized spacial score (nSPS) is 11.0. The van der Waals surface area contributed by atoms with Crippen LogP contribution in [0.2, 0.25) is 10.0 Å². The number of hydrogen-bond acceptors (Lipinski definition) is 3. The first kappa shape index (κ1) is 32.0. The predicted molar refractivity (Wildman–Crippen MR) is 146 cm³/mol. The lowest BCUT2D eigenvalue weighted by atomic mass is 10.1. The lowest BCUT2D eigenvalue weighted by Gasteiger charge is -2.08. The summed E-state index contributed by atoms with van der Waals surface area (Å²) >= 11 is 11.3. The number of nitrogens with zero attached hydrogens (tertiary/aromatic N) is 1. The van der Waals surface area contributed by atoms with Gasteiger partial charge in [-0.2, -0.15) is 0 Å². The van der Waals surface area contributed by atoms with Crippen molar-refractivity contribution >= 4 is 29.2 Å². The number of allylic oxidation sites excluding steroid dienone is 2. The minimum Gasteiger partial charge on any atom is -0.425 e. The Hall–Kier alpha value is -1.03. The summed E-state index contributed by atoms with van der Waals surface area (Å²) in [4.78, 5) is 12.8. The molecule has 0 spiro atoms. The van der Waals surface area contributed by atoms with Crippen molar-refractivity contribution < 1.29 is 9.53 Å². The van der Waals surface area contributed by atoms with Crippen molar-refractivity contribution in [3.8, 4) is 5.75 Å². The number of esters is 1. The summed E-state index contributed by atoms with van der Waals surface area (Å²) in [5.74, 6) is -0.0761. The largest absolute Gasteiger partial charge is 0.425 e. The molecule has 0 bridgehead atoms. The summed E-state index contributed by atoms with van der Waals surface area (Å²) in [5, 5.41) is 0.841. The highest BCUT2D eigenvalue weighted by molar-refractivity contribution is 6.35. The van der Waals surface area contributed by atoms with Gasteiger partial charge in [-0.25, -0.2) is 0 Å². The summed E-state index contributed by atoms with van der Waals surface area (Å²) in [5.41, 5.74) is 0. The van der Waals surface area contributed by atoms with E-state index in [2.05, 4.69) is 38.1 Å². The van der Waals surface area contributed by atoms with E-state index in [1.807, 2.05) is 0 Å². The molecule has 0 radical (unpaired) electrons. The molecule has 0 saturated heterocycles. The van der Waals surface area contributed by atoms with Crippen LogP contribution >= 0.6 is 23.2 Å². The van der Waals surface area contributed by atoms with E-state index in [0.717, 1.165) is 0 Å². The van der Waals surface area contributed by atoms with Crippen LogP contribution in [0.3, 0.4) is 0 Å². The zero-order valence-electron chi connectivity index (χ0n) is 21.5. The smallest absolute Gasteiger partial charge is 0.308 e. The molecular formula is C28H47Cl2NO2. The predicted octanol–water partition coefficient (Wildman–Crippen LogP) is 9.50. The van der Waals surface area contributed by atoms with Gasteiger partial charge in [-0.3, -0.25) is 4.79 Å². The van der Waals surface area contributed by atoms with Crippen LogP contribution in [0.15, 0.2) is 30.4 Å². The Bertz CT molecular complexity index is 632. The topological polar surface area (TPSA) is 29.5 Å². The van der Waals surface area contributed by atoms with E-state index < -0.39 is 5.97 Å². The average molecular weight is 501 g/mol. The maximum absolute atomic E-state index is 10.5. The molecule has 0 N–H and O–H groups in total. The lowest BCUT2D eigenvalue weighted by Crippen LogP contribution is -2.12. The van der Waals surface area contributed by atoms with Crippen LogP contribution in [0, 0.1) is 0 Å². The van der Waals surface area contributed by atoms with Gasteiger partial charge < -0.3 is 9.64 Å². The first-order valence-electron chi connectivity index (χ1n) is 12.8. The van der Waals surface area contributed by atoms with Crippen molar-refractivity contribution in [2.45, 2.75) is 104 Å². The maximum Gasteiger partial charge on any atom is 0.308 e. The number of carbonyl (C=O) groups excluding carboxylic acids is 1. The maximum atomic E-state index is 10.5. The zero-order chi connectivity index (χ0) is 24.7. The van der Waals surface area contributed by atoms with Crippen molar-refractivity contribution in [1.29, 1.82) is 0 Å². The minimum absolute atomic E-state index is 0.327. The number of benzene rings is 1. The van der Waals surface area contributed by atoms with Crippen molar-refractivity contribution in [3.05, 3.63) is 40.4 Å². The SMILES string of the molecule is CC(=O)Oc1ccc(Cl)cc1Cl.CCCCCCCC/C=C\CCCCCCCCN(C)C. The Morgan fingerprint density at radius 1 is 0.848 bits per heavy atom. The van der Waals surface area contributed by atoms with Crippen LogP contribution in [0.4, 0.5) is 0 Å². The van der Waals surface area contributed by atoms with Gasteiger partial charge in [-0.15, -0.1) is 0 Å². The van der Waals surface area contributed by atoms with E-state index in [1.165, 1.54) is 109 Å². The fraction of sp³-hybridized carbons (Fsp3) is 0.679. The van der Waals surface area contributed by atoms with Gasteiger partial charge in [0, 0.05) is 11.9 Å². The average Bonchev–Trinajstić information content (AvgIpc) is 2.75. The second kappa shape index (κ2) is 22.7. The number of carbonyl (C=O) groups is 1. The molecular weight excluding hydrogens is 453 g/mol. The fourth-order valence-electron chi connectivity index (χ4n) is 3.39. The monoisotopic (exact) mass is 499 g/mol. The van der Waals surface area contributed by atoms with Crippen molar-refractivity contribution in [1.82, 2.24) is 4.90 Å². The molecule has 0 aliphatic heterocycles. The second-order valence-corrected chi connectivity index (χ2v) is 9.75. The third kappa shape index (κ3) is 22.5. The van der Waals surface area contributed by atoms with Crippen LogP contribution < -0.4 is 4.74 Å². The molecule has 33 heavy (non-hydrogen) atoms. The third-order valence-corrected chi connectivity index (χ3v) is 5.80. The van der Waals surface area contributed by atoms with Gasteiger partial charge in [0.25, 0.3) is 0 Å². The van der Waals surface area contributed by atoms with Crippen molar-refractivity contribution in [2.24, 2.45) is 0 Å². The summed E-state index contributed by atoms with van der Waals surface area (Å²) < 4.78 is 4.77. The van der Waals surface area contributed by atoms with Crippen molar-refractivity contribution in [2.75, 3.05) is 20.6 Å². The Morgan fingerprint density at radius 2 is 1.36 bits per heavy atom. The van der Waals surface area contributed by atoms with E-state index >= 15 is 0 Å². The minimum atomic E-state index is -0.403. The second-order valence-electron chi connectivity index (χ2n) is 8.91. The summed E-state index contributed by atoms with van der Waals surface area (Å²) in [6, 6.07) is 4.67. The van der Waals surface area contributed by atoms with E-state index in [0.29, 0.717) is 15.8 Å². The Balaban J connectivity index is 0.000000716. The lowest BCUT2D eigenvalue weighted by molar-refractivity contribution is -0.131. The van der Waals surface area contributed by atoms with Crippen molar-refractivity contribution in [3.63, 3.8) is 0 Å². The highest BCUT2D eigenvalue weighted by Gasteiger charge is 2.03. The molecule has 0 aliphatic carbocycles. The third-order valence-electron chi connectivity index (χ3n) is 5.26. The molecule has 0 fully saturated rings. The molecule has 1 rings (SSSR count). The zero-order valence-corrected chi connectivity index (χ0v) is 23.0. The van der Waals surface area contributed by atoms with Gasteiger partial charge in [0.2, 0.25) is 0 Å². The highest BCUT2D eigenvalue weighted by atomic mass is 35.5. The van der Waals surface area contributed by atoms with Crippen LogP contribution in [0.5, 0.6) is 5.75 Å². The molecule has 1 aromatic rings. The molecule has 0 unspecified atom stereocenters. The number of hydrogen-bond donors (Lipinski definition) is 0. The first-order chi connectivity index (χ1) is 15.9. The van der Waals surface area contributed by atoms with Gasteiger partial charge >= 0.3 is 5.97 Å². The van der Waals surface area contributed by atoms with Crippen LogP contribution in [-0.2, 0) is 4.79 Å². The molecule has 0 aromatic heterocycles. The van der Waals surface area contributed by atoms with Crippen LogP contribution in [0.1, 0.15) is 104 Å². The Labute approximate surface area is 213 Å². The van der Waals surface area contributed by atoms with Gasteiger partial charge in [0.05, 0.1) is 5.02 Å². The molecule has 0 aliphatic rings. The number of ether oxygens (including phenoxy) is 1. The van der Waals surface area contributed by atoms with E-state index in [1.54, 1.807) is 12.1 Å². The quantitative estimate of drug-likeness (QED) is 0.0923. The van der Waals surface area contributed by atoms with Gasteiger partial charge in [-0.05, 0) is 70.9 Å². The van der Waals surface area contributed by atoms with E-state index in [4.69, 9.17) is 27.9 Å². The molecule has 0 saturated carbocycles. The van der Waals surface area contributed by atoms with Crippen LogP contribution in [0.25, 0.3) is 0 Å². The molecule has 0 heterocycles. The van der Waals surface area contributed by atoms with Gasteiger partial charge in [-0.1, -0.05) is 100 Å². The molecule has 0 amide bonds.